The Kier molecular flexibility index (Phi) is 7.36. The van der Waals surface area contributed by atoms with Gasteiger partial charge in [0, 0.05) is 30.5 Å². The first kappa shape index (κ1) is 20.7. The first-order valence-corrected chi connectivity index (χ1v) is 10.1. The van der Waals surface area contributed by atoms with E-state index in [4.69, 9.17) is 4.74 Å². The average Bonchev–Trinajstić information content (AvgIpc) is 3.00. The Hall–Kier alpha value is -2.02. The summed E-state index contributed by atoms with van der Waals surface area (Å²) in [6.45, 7) is 5.52. The van der Waals surface area contributed by atoms with E-state index in [9.17, 15) is 10.2 Å². The normalized spacial score (nSPS) is 24.6. The molecule has 1 aromatic carbocycles. The minimum Gasteiger partial charge on any atom is -0.486 e. The molecule has 6 heteroatoms. The number of nitrogens with zero attached hydrogens (tertiary/aromatic N) is 2. The molecule has 1 saturated carbocycles. The van der Waals surface area contributed by atoms with Crippen molar-refractivity contribution in [2.75, 3.05) is 13.2 Å². The summed E-state index contributed by atoms with van der Waals surface area (Å²) < 4.78 is 5.75. The number of benzene rings is 1. The van der Waals surface area contributed by atoms with Crippen molar-refractivity contribution in [2.24, 2.45) is 17.8 Å². The first-order valence-electron chi connectivity index (χ1n) is 10.1. The minimum atomic E-state index is -0.484. The van der Waals surface area contributed by atoms with E-state index in [1.54, 1.807) is 6.20 Å². The third-order valence-electron chi connectivity index (χ3n) is 5.37. The van der Waals surface area contributed by atoms with Crippen molar-refractivity contribution in [2.45, 2.75) is 45.4 Å². The molecule has 3 rings (SSSR count). The standard InChI is InChI=1S/C22H31N3O3/c1-15(2)12-24-20-11-21(27)19(13-26)18(20)10-16-8-9-23-22(25-16)14-28-17-6-4-3-5-7-17/h3-9,15,18-21,24,26-27H,10-14H2,1-2H3/t18-,19-,20-,21-/m1/s1. The number of aliphatic hydroxyl groups excluding tert-OH is 2. The molecule has 28 heavy (non-hydrogen) atoms. The van der Waals surface area contributed by atoms with Crippen LogP contribution in [0.2, 0.25) is 0 Å². The number of ether oxygens (including phenoxy) is 1. The topological polar surface area (TPSA) is 87.5 Å². The van der Waals surface area contributed by atoms with Crippen molar-refractivity contribution >= 4 is 0 Å². The predicted molar refractivity (Wildman–Crippen MR) is 108 cm³/mol. The van der Waals surface area contributed by atoms with E-state index in [1.165, 1.54) is 0 Å². The number of hydrogen-bond donors (Lipinski definition) is 3. The van der Waals surface area contributed by atoms with E-state index in [2.05, 4.69) is 29.1 Å². The molecule has 0 radical (unpaired) electrons. The van der Waals surface area contributed by atoms with Crippen molar-refractivity contribution < 1.29 is 14.9 Å². The smallest absolute Gasteiger partial charge is 0.166 e. The van der Waals surface area contributed by atoms with Gasteiger partial charge in [-0.1, -0.05) is 32.0 Å². The molecule has 0 unspecified atom stereocenters. The lowest BCUT2D eigenvalue weighted by Crippen LogP contribution is -2.38. The summed E-state index contributed by atoms with van der Waals surface area (Å²) in [4.78, 5) is 8.96. The summed E-state index contributed by atoms with van der Waals surface area (Å²) in [6, 6.07) is 11.7. The highest BCUT2D eigenvalue weighted by Crippen LogP contribution is 2.34. The Morgan fingerprint density at radius 3 is 2.68 bits per heavy atom. The van der Waals surface area contributed by atoms with Gasteiger partial charge in [0.2, 0.25) is 0 Å². The third-order valence-corrected chi connectivity index (χ3v) is 5.37. The van der Waals surface area contributed by atoms with Gasteiger partial charge in [-0.25, -0.2) is 9.97 Å². The summed E-state index contributed by atoms with van der Waals surface area (Å²) >= 11 is 0. The number of rotatable bonds is 9. The summed E-state index contributed by atoms with van der Waals surface area (Å²) in [5.41, 5.74) is 0.913. The van der Waals surface area contributed by atoms with Crippen LogP contribution in [0.4, 0.5) is 0 Å². The lowest BCUT2D eigenvalue weighted by atomic mass is 9.88. The molecule has 2 aromatic rings. The predicted octanol–water partition coefficient (Wildman–Crippen LogP) is 2.20. The molecule has 1 aliphatic rings. The van der Waals surface area contributed by atoms with Crippen LogP contribution < -0.4 is 10.1 Å². The van der Waals surface area contributed by atoms with Gasteiger partial charge in [-0.2, -0.15) is 0 Å². The molecule has 152 valence electrons. The van der Waals surface area contributed by atoms with Crippen LogP contribution in [0.25, 0.3) is 0 Å². The third kappa shape index (κ3) is 5.50. The molecular weight excluding hydrogens is 354 g/mol. The number of aromatic nitrogens is 2. The molecule has 1 fully saturated rings. The van der Waals surface area contributed by atoms with Crippen LogP contribution in [-0.4, -0.2) is 45.5 Å². The largest absolute Gasteiger partial charge is 0.486 e. The maximum atomic E-state index is 10.4. The van der Waals surface area contributed by atoms with Gasteiger partial charge in [-0.05, 0) is 49.4 Å². The van der Waals surface area contributed by atoms with E-state index in [0.29, 0.717) is 31.2 Å². The Morgan fingerprint density at radius 1 is 1.18 bits per heavy atom. The van der Waals surface area contributed by atoms with Crippen LogP contribution in [0, 0.1) is 17.8 Å². The van der Waals surface area contributed by atoms with Crippen LogP contribution >= 0.6 is 0 Å². The molecule has 1 aliphatic carbocycles. The molecule has 1 aromatic heterocycles. The minimum absolute atomic E-state index is 0.0131. The highest BCUT2D eigenvalue weighted by Gasteiger charge is 2.42. The maximum Gasteiger partial charge on any atom is 0.166 e. The van der Waals surface area contributed by atoms with Gasteiger partial charge in [0.25, 0.3) is 0 Å². The van der Waals surface area contributed by atoms with Crippen LogP contribution in [0.5, 0.6) is 5.75 Å². The molecule has 0 bridgehead atoms. The second-order valence-electron chi connectivity index (χ2n) is 7.99. The zero-order valence-electron chi connectivity index (χ0n) is 16.7. The van der Waals surface area contributed by atoms with Crippen LogP contribution in [0.1, 0.15) is 31.8 Å². The van der Waals surface area contributed by atoms with E-state index in [-0.39, 0.29) is 24.5 Å². The van der Waals surface area contributed by atoms with Gasteiger partial charge in [0.15, 0.2) is 5.82 Å². The van der Waals surface area contributed by atoms with Gasteiger partial charge in [-0.15, -0.1) is 0 Å². The summed E-state index contributed by atoms with van der Waals surface area (Å²) in [6.07, 6.45) is 2.63. The molecule has 6 nitrogen and oxygen atoms in total. The fourth-order valence-corrected chi connectivity index (χ4v) is 3.90. The lowest BCUT2D eigenvalue weighted by Gasteiger charge is -2.25. The fourth-order valence-electron chi connectivity index (χ4n) is 3.90. The SMILES string of the molecule is CC(C)CN[C@@H]1C[C@@H](O)[C@H](CO)[C@H]1Cc1ccnc(COc2ccccc2)n1. The summed E-state index contributed by atoms with van der Waals surface area (Å²) in [5, 5.41) is 23.8. The number of hydrogen-bond acceptors (Lipinski definition) is 6. The molecular formula is C22H31N3O3. The lowest BCUT2D eigenvalue weighted by molar-refractivity contribution is 0.0715. The zero-order valence-corrected chi connectivity index (χ0v) is 16.7. The van der Waals surface area contributed by atoms with Gasteiger partial charge in [0.1, 0.15) is 12.4 Å². The molecule has 4 atom stereocenters. The Bertz CT molecular complexity index is 726. The number of aliphatic hydroxyl groups is 2. The molecule has 0 aliphatic heterocycles. The number of para-hydroxylation sites is 1. The molecule has 1 heterocycles. The highest BCUT2D eigenvalue weighted by atomic mass is 16.5. The van der Waals surface area contributed by atoms with Gasteiger partial charge < -0.3 is 20.3 Å². The first-order chi connectivity index (χ1) is 13.6. The van der Waals surface area contributed by atoms with Crippen molar-refractivity contribution in [3.05, 3.63) is 54.1 Å². The monoisotopic (exact) mass is 385 g/mol. The molecule has 0 spiro atoms. The highest BCUT2D eigenvalue weighted by molar-refractivity contribution is 5.21. The number of nitrogens with one attached hydrogen (secondary N) is 1. The Morgan fingerprint density at radius 2 is 1.96 bits per heavy atom. The van der Waals surface area contributed by atoms with E-state index in [0.717, 1.165) is 18.0 Å². The Balaban J connectivity index is 1.66. The van der Waals surface area contributed by atoms with Crippen LogP contribution in [0.15, 0.2) is 42.6 Å². The summed E-state index contributed by atoms with van der Waals surface area (Å²) in [7, 11) is 0. The second kappa shape index (κ2) is 9.96. The van der Waals surface area contributed by atoms with E-state index in [1.807, 2.05) is 36.4 Å². The summed E-state index contributed by atoms with van der Waals surface area (Å²) in [5.74, 6) is 1.95. The van der Waals surface area contributed by atoms with E-state index < -0.39 is 6.10 Å². The van der Waals surface area contributed by atoms with Crippen LogP contribution in [0.3, 0.4) is 0 Å². The van der Waals surface area contributed by atoms with E-state index >= 15 is 0 Å². The van der Waals surface area contributed by atoms with Gasteiger partial charge >= 0.3 is 0 Å². The van der Waals surface area contributed by atoms with Gasteiger partial charge in [-0.3, -0.25) is 0 Å². The fraction of sp³-hybridized carbons (Fsp3) is 0.545. The molecule has 3 N–H and O–H groups in total. The molecule has 0 saturated heterocycles. The Labute approximate surface area is 167 Å². The van der Waals surface area contributed by atoms with Crippen molar-refractivity contribution in [3.63, 3.8) is 0 Å². The van der Waals surface area contributed by atoms with Crippen LogP contribution in [-0.2, 0) is 13.0 Å². The maximum absolute atomic E-state index is 10.4. The quantitative estimate of drug-likeness (QED) is 0.613. The average molecular weight is 386 g/mol. The van der Waals surface area contributed by atoms with Crippen molar-refractivity contribution in [1.82, 2.24) is 15.3 Å². The second-order valence-corrected chi connectivity index (χ2v) is 7.99. The van der Waals surface area contributed by atoms with Crippen molar-refractivity contribution in [3.8, 4) is 5.75 Å². The van der Waals surface area contributed by atoms with Gasteiger partial charge in [0.05, 0.1) is 6.10 Å². The molecule has 0 amide bonds. The van der Waals surface area contributed by atoms with Crippen molar-refractivity contribution in [1.29, 1.82) is 0 Å². The zero-order chi connectivity index (χ0) is 19.9.